The van der Waals surface area contributed by atoms with Crippen molar-refractivity contribution >= 4 is 0 Å². The van der Waals surface area contributed by atoms with Gasteiger partial charge in [0.05, 0.1) is 0 Å². The van der Waals surface area contributed by atoms with Crippen molar-refractivity contribution in [2.75, 3.05) is 0 Å². The topological polar surface area (TPSA) is 0 Å². The molecule has 0 amide bonds. The van der Waals surface area contributed by atoms with Gasteiger partial charge in [-0.25, -0.2) is 0 Å². The SMILES string of the molecule is CC.FC#Cc1ccccc1. The fraction of sp³-hybridized carbons (Fsp3) is 0.200. The van der Waals surface area contributed by atoms with E-state index in [2.05, 4.69) is 5.92 Å². The van der Waals surface area contributed by atoms with E-state index in [4.69, 9.17) is 0 Å². The minimum Gasteiger partial charge on any atom is -0.144 e. The van der Waals surface area contributed by atoms with E-state index in [1.54, 1.807) is 12.1 Å². The maximum atomic E-state index is 11.3. The molecule has 0 unspecified atom stereocenters. The minimum absolute atomic E-state index is 0.708. The van der Waals surface area contributed by atoms with Crippen LogP contribution in [0.1, 0.15) is 19.4 Å². The Morgan fingerprint density at radius 1 is 1.09 bits per heavy atom. The van der Waals surface area contributed by atoms with Gasteiger partial charge in [-0.3, -0.25) is 0 Å². The monoisotopic (exact) mass is 150 g/mol. The second kappa shape index (κ2) is 6.82. The lowest BCUT2D eigenvalue weighted by molar-refractivity contribution is 0.774. The molecule has 0 saturated carbocycles. The lowest BCUT2D eigenvalue weighted by Crippen LogP contribution is -1.67. The van der Waals surface area contributed by atoms with E-state index in [0.29, 0.717) is 5.56 Å². The van der Waals surface area contributed by atoms with Crippen LogP contribution in [0.25, 0.3) is 0 Å². The Morgan fingerprint density at radius 3 is 2.09 bits per heavy atom. The van der Waals surface area contributed by atoms with Crippen LogP contribution in [0, 0.1) is 12.1 Å². The average Bonchev–Trinajstić information content (AvgIpc) is 2.11. The zero-order valence-corrected chi connectivity index (χ0v) is 6.76. The van der Waals surface area contributed by atoms with Gasteiger partial charge in [-0.05, 0) is 18.1 Å². The van der Waals surface area contributed by atoms with Crippen LogP contribution in [0.3, 0.4) is 0 Å². The fourth-order valence-electron chi connectivity index (χ4n) is 0.576. The summed E-state index contributed by atoms with van der Waals surface area (Å²) in [5.41, 5.74) is 0.708. The number of hydrogen-bond donors (Lipinski definition) is 0. The second-order valence-electron chi connectivity index (χ2n) is 1.59. The summed E-state index contributed by atoms with van der Waals surface area (Å²) < 4.78 is 11.3. The molecule has 0 aliphatic rings. The lowest BCUT2D eigenvalue weighted by atomic mass is 10.2. The van der Waals surface area contributed by atoms with Gasteiger partial charge < -0.3 is 0 Å². The summed E-state index contributed by atoms with van der Waals surface area (Å²) in [7, 11) is 0. The summed E-state index contributed by atoms with van der Waals surface area (Å²) in [5.74, 6) is 2.29. The molecule has 0 spiro atoms. The summed E-state index contributed by atoms with van der Waals surface area (Å²) >= 11 is 0. The largest absolute Gasteiger partial charge is 0.144 e. The first kappa shape index (κ1) is 9.71. The lowest BCUT2D eigenvalue weighted by Gasteiger charge is -1.82. The molecule has 58 valence electrons. The van der Waals surface area contributed by atoms with Gasteiger partial charge in [0.2, 0.25) is 0 Å². The van der Waals surface area contributed by atoms with Crippen LogP contribution in [0.5, 0.6) is 0 Å². The number of rotatable bonds is 0. The molecule has 0 atom stereocenters. The molecule has 0 bridgehead atoms. The zero-order valence-electron chi connectivity index (χ0n) is 6.76. The van der Waals surface area contributed by atoms with Crippen LogP contribution in [0.2, 0.25) is 0 Å². The zero-order chi connectivity index (χ0) is 8.53. The fourth-order valence-corrected chi connectivity index (χ4v) is 0.576. The molecular weight excluding hydrogens is 139 g/mol. The molecule has 11 heavy (non-hydrogen) atoms. The molecule has 1 aromatic carbocycles. The van der Waals surface area contributed by atoms with Gasteiger partial charge in [-0.2, -0.15) is 0 Å². The van der Waals surface area contributed by atoms with Crippen molar-refractivity contribution in [3.05, 3.63) is 35.9 Å². The van der Waals surface area contributed by atoms with E-state index in [-0.39, 0.29) is 0 Å². The number of halogens is 1. The van der Waals surface area contributed by atoms with Crippen LogP contribution in [-0.4, -0.2) is 0 Å². The Bertz CT molecular complexity index is 228. The van der Waals surface area contributed by atoms with Gasteiger partial charge >= 0.3 is 0 Å². The van der Waals surface area contributed by atoms with E-state index in [9.17, 15) is 4.39 Å². The van der Waals surface area contributed by atoms with E-state index < -0.39 is 0 Å². The van der Waals surface area contributed by atoms with E-state index in [0.717, 1.165) is 0 Å². The van der Waals surface area contributed by atoms with Crippen LogP contribution in [0.4, 0.5) is 4.39 Å². The van der Waals surface area contributed by atoms with Crippen molar-refractivity contribution in [2.45, 2.75) is 13.8 Å². The van der Waals surface area contributed by atoms with Crippen molar-refractivity contribution in [1.82, 2.24) is 0 Å². The Hall–Kier alpha value is -1.29. The molecule has 0 aliphatic carbocycles. The molecule has 1 rings (SSSR count). The van der Waals surface area contributed by atoms with Gasteiger partial charge in [0.25, 0.3) is 0 Å². The molecule has 1 heteroatoms. The highest BCUT2D eigenvalue weighted by Gasteiger charge is 1.78. The van der Waals surface area contributed by atoms with Crippen molar-refractivity contribution in [3.8, 4) is 12.1 Å². The Labute approximate surface area is 67.1 Å². The average molecular weight is 150 g/mol. The van der Waals surface area contributed by atoms with Crippen molar-refractivity contribution < 1.29 is 4.39 Å². The summed E-state index contributed by atoms with van der Waals surface area (Å²) in [6.07, 6.45) is 1.33. The predicted octanol–water partition coefficient (Wildman–Crippen LogP) is 2.99. The first-order valence-corrected chi connectivity index (χ1v) is 3.60. The number of hydrogen-bond acceptors (Lipinski definition) is 0. The molecule has 0 nitrogen and oxygen atoms in total. The highest BCUT2D eigenvalue weighted by atomic mass is 19.1. The Balaban J connectivity index is 0.000000461. The molecule has 0 radical (unpaired) electrons. The standard InChI is InChI=1S/C8H5F.C2H6/c9-7-6-8-4-2-1-3-5-8;1-2/h1-5H;1-2H3. The third-order valence-electron chi connectivity index (χ3n) is 0.965. The Morgan fingerprint density at radius 2 is 1.64 bits per heavy atom. The molecule has 0 saturated heterocycles. The Kier molecular flexibility index (Phi) is 6.02. The van der Waals surface area contributed by atoms with Gasteiger partial charge in [0.1, 0.15) is 6.17 Å². The van der Waals surface area contributed by atoms with Crippen molar-refractivity contribution in [2.24, 2.45) is 0 Å². The summed E-state index contributed by atoms with van der Waals surface area (Å²) in [6.45, 7) is 4.00. The minimum atomic E-state index is 0.708. The van der Waals surface area contributed by atoms with Gasteiger partial charge in [0.15, 0.2) is 0 Å². The molecule has 1 aromatic rings. The summed E-state index contributed by atoms with van der Waals surface area (Å²) in [6, 6.07) is 9.02. The maximum Gasteiger partial charge on any atom is 0.111 e. The van der Waals surface area contributed by atoms with Crippen LogP contribution < -0.4 is 0 Å². The quantitative estimate of drug-likeness (QED) is 0.499. The van der Waals surface area contributed by atoms with Crippen LogP contribution in [0.15, 0.2) is 30.3 Å². The number of benzene rings is 1. The van der Waals surface area contributed by atoms with Crippen molar-refractivity contribution in [1.29, 1.82) is 0 Å². The van der Waals surface area contributed by atoms with Gasteiger partial charge in [-0.1, -0.05) is 32.0 Å². The highest BCUT2D eigenvalue weighted by Crippen LogP contribution is 1.93. The van der Waals surface area contributed by atoms with Crippen LogP contribution >= 0.6 is 0 Å². The smallest absolute Gasteiger partial charge is 0.111 e. The second-order valence-corrected chi connectivity index (χ2v) is 1.59. The maximum absolute atomic E-state index is 11.3. The normalized spacial score (nSPS) is 6.82. The van der Waals surface area contributed by atoms with Gasteiger partial charge in [-0.15, -0.1) is 4.39 Å². The summed E-state index contributed by atoms with van der Waals surface area (Å²) in [4.78, 5) is 0. The van der Waals surface area contributed by atoms with E-state index in [1.165, 1.54) is 6.17 Å². The van der Waals surface area contributed by atoms with Crippen LogP contribution in [-0.2, 0) is 0 Å². The molecule has 0 heterocycles. The molecular formula is C10H11F. The third kappa shape index (κ3) is 4.16. The highest BCUT2D eigenvalue weighted by molar-refractivity contribution is 5.31. The first-order valence-electron chi connectivity index (χ1n) is 3.60. The first-order chi connectivity index (χ1) is 5.43. The van der Waals surface area contributed by atoms with Crippen molar-refractivity contribution in [3.63, 3.8) is 0 Å². The molecule has 0 fully saturated rings. The van der Waals surface area contributed by atoms with E-state index >= 15 is 0 Å². The molecule has 0 aliphatic heterocycles. The molecule has 0 N–H and O–H groups in total. The third-order valence-corrected chi connectivity index (χ3v) is 0.965. The predicted molar refractivity (Wildman–Crippen MR) is 45.8 cm³/mol. The summed E-state index contributed by atoms with van der Waals surface area (Å²) in [5, 5.41) is 0. The molecule has 0 aromatic heterocycles. The van der Waals surface area contributed by atoms with Gasteiger partial charge in [0, 0.05) is 5.56 Å². The van der Waals surface area contributed by atoms with E-state index in [1.807, 2.05) is 32.0 Å².